The molecule has 0 amide bonds. The molecule has 160 valence electrons. The van der Waals surface area contributed by atoms with Crippen molar-refractivity contribution in [3.05, 3.63) is 50.6 Å². The van der Waals surface area contributed by atoms with Crippen molar-refractivity contribution < 1.29 is 9.84 Å². The third-order valence-electron chi connectivity index (χ3n) is 5.32. The Bertz CT molecular complexity index is 1080. The Balaban J connectivity index is 1.64. The van der Waals surface area contributed by atoms with Gasteiger partial charge in [0.2, 0.25) is 0 Å². The van der Waals surface area contributed by atoms with Crippen LogP contribution < -0.4 is 10.5 Å². The van der Waals surface area contributed by atoms with E-state index in [1.807, 2.05) is 0 Å². The van der Waals surface area contributed by atoms with Crippen molar-refractivity contribution in [3.8, 4) is 0 Å². The molecule has 0 aliphatic carbocycles. The largest absolute Gasteiger partial charge is 0.379 e. The number of ether oxygens (including phenoxy) is 1. The molecular formula is C19H22Cl2N6O3. The number of halogens is 2. The molecule has 2 atom stereocenters. The number of nitrogens with zero attached hydrogens (tertiary/aromatic N) is 4. The van der Waals surface area contributed by atoms with Gasteiger partial charge in [-0.25, -0.2) is 4.98 Å². The number of hydrogen-bond donors (Lipinski definition) is 3. The number of aromatic nitrogens is 4. The Kier molecular flexibility index (Phi) is 6.26. The number of rotatable bonds is 6. The molecule has 3 N–H and O–H groups in total. The van der Waals surface area contributed by atoms with E-state index >= 15 is 0 Å². The van der Waals surface area contributed by atoms with Crippen LogP contribution in [0.5, 0.6) is 0 Å². The molecule has 3 aromatic rings. The monoisotopic (exact) mass is 452 g/mol. The van der Waals surface area contributed by atoms with E-state index in [1.54, 1.807) is 36.3 Å². The Hall–Kier alpha value is -2.17. The van der Waals surface area contributed by atoms with Crippen molar-refractivity contribution in [3.63, 3.8) is 0 Å². The van der Waals surface area contributed by atoms with Gasteiger partial charge in [-0.1, -0.05) is 23.2 Å². The van der Waals surface area contributed by atoms with Crippen LogP contribution in [0.1, 0.15) is 5.82 Å². The van der Waals surface area contributed by atoms with Gasteiger partial charge in [-0.05, 0) is 18.2 Å². The van der Waals surface area contributed by atoms with Gasteiger partial charge in [0, 0.05) is 38.4 Å². The third-order valence-corrected chi connectivity index (χ3v) is 6.06. The molecule has 0 radical (unpaired) electrons. The number of aromatic amines is 2. The highest BCUT2D eigenvalue weighted by Crippen LogP contribution is 2.28. The standard InChI is InChI=1S/C19H22Cl2N6O3/c1-26(11-2-3-12(20)13(21)8-11)19(29)15(27-4-6-30-7-5-27)9-16-23-14-10-22-25-17(14)18(28)24-16/h2-3,8,10,15,19,29H,4-7,9H2,1H3,(H,22,25)(H,23,24,28). The van der Waals surface area contributed by atoms with E-state index in [-0.39, 0.29) is 17.1 Å². The van der Waals surface area contributed by atoms with Gasteiger partial charge in [0.15, 0.2) is 5.52 Å². The molecule has 2 unspecified atom stereocenters. The summed E-state index contributed by atoms with van der Waals surface area (Å²) in [7, 11) is 1.78. The lowest BCUT2D eigenvalue weighted by molar-refractivity contribution is -0.0215. The molecule has 1 fully saturated rings. The molecule has 3 heterocycles. The summed E-state index contributed by atoms with van der Waals surface area (Å²) in [6.45, 7) is 2.47. The van der Waals surface area contributed by atoms with E-state index in [0.29, 0.717) is 54.1 Å². The summed E-state index contributed by atoms with van der Waals surface area (Å²) in [5.41, 5.74) is 1.16. The molecule has 2 aromatic heterocycles. The maximum Gasteiger partial charge on any atom is 0.279 e. The minimum Gasteiger partial charge on any atom is -0.379 e. The summed E-state index contributed by atoms with van der Waals surface area (Å²) < 4.78 is 5.47. The lowest BCUT2D eigenvalue weighted by Gasteiger charge is -2.40. The van der Waals surface area contributed by atoms with E-state index < -0.39 is 6.23 Å². The van der Waals surface area contributed by atoms with Crippen molar-refractivity contribution >= 4 is 39.9 Å². The highest BCUT2D eigenvalue weighted by Gasteiger charge is 2.31. The number of aliphatic hydroxyl groups excluding tert-OH is 1. The normalized spacial score (nSPS) is 17.2. The number of nitrogens with one attached hydrogen (secondary N) is 2. The second-order valence-corrected chi connectivity index (χ2v) is 7.99. The SMILES string of the molecule is CN(c1ccc(Cl)c(Cl)c1)C(O)C(Cc1nc2c[nH]nc2c(=O)[nH]1)N1CCOCC1. The zero-order chi connectivity index (χ0) is 21.3. The average molecular weight is 453 g/mol. The van der Waals surface area contributed by atoms with Crippen molar-refractivity contribution in [2.45, 2.75) is 18.7 Å². The molecule has 0 bridgehead atoms. The van der Waals surface area contributed by atoms with Crippen LogP contribution in [-0.4, -0.2) is 75.8 Å². The summed E-state index contributed by atoms with van der Waals surface area (Å²) >= 11 is 12.2. The fourth-order valence-corrected chi connectivity index (χ4v) is 3.93. The highest BCUT2D eigenvalue weighted by atomic mass is 35.5. The minimum atomic E-state index is -0.898. The molecule has 9 nitrogen and oxygen atoms in total. The van der Waals surface area contributed by atoms with Gasteiger partial charge in [0.25, 0.3) is 5.56 Å². The van der Waals surface area contributed by atoms with Gasteiger partial charge in [0.05, 0.1) is 29.3 Å². The zero-order valence-corrected chi connectivity index (χ0v) is 17.8. The molecule has 11 heteroatoms. The van der Waals surface area contributed by atoms with Gasteiger partial charge in [-0.15, -0.1) is 0 Å². The Labute approximate surface area is 182 Å². The van der Waals surface area contributed by atoms with Gasteiger partial charge in [-0.3, -0.25) is 14.8 Å². The topological polar surface area (TPSA) is 110 Å². The number of benzene rings is 1. The number of likely N-dealkylation sites (N-methyl/N-ethyl adjacent to an activating group) is 1. The molecule has 0 spiro atoms. The maximum absolute atomic E-state index is 12.3. The second kappa shape index (κ2) is 8.91. The number of fused-ring (bicyclic) bond motifs is 1. The molecule has 4 rings (SSSR count). The van der Waals surface area contributed by atoms with Crippen molar-refractivity contribution in [2.75, 3.05) is 38.3 Å². The fourth-order valence-electron chi connectivity index (χ4n) is 3.64. The molecule has 1 aliphatic rings. The van der Waals surface area contributed by atoms with E-state index in [9.17, 15) is 9.90 Å². The van der Waals surface area contributed by atoms with Gasteiger partial charge < -0.3 is 19.7 Å². The first-order valence-corrected chi connectivity index (χ1v) is 10.3. The van der Waals surface area contributed by atoms with Crippen molar-refractivity contribution in [1.82, 2.24) is 25.1 Å². The molecule has 30 heavy (non-hydrogen) atoms. The van der Waals surface area contributed by atoms with Crippen LogP contribution in [0.25, 0.3) is 11.0 Å². The van der Waals surface area contributed by atoms with E-state index in [0.717, 1.165) is 5.69 Å². The van der Waals surface area contributed by atoms with E-state index in [1.165, 1.54) is 0 Å². The van der Waals surface area contributed by atoms with E-state index in [4.69, 9.17) is 27.9 Å². The van der Waals surface area contributed by atoms with E-state index in [2.05, 4.69) is 25.1 Å². The Morgan fingerprint density at radius 1 is 1.30 bits per heavy atom. The summed E-state index contributed by atoms with van der Waals surface area (Å²) in [5.74, 6) is 0.479. The molecule has 1 aliphatic heterocycles. The summed E-state index contributed by atoms with van der Waals surface area (Å²) in [5, 5.41) is 18.7. The lowest BCUT2D eigenvalue weighted by atomic mass is 10.1. The first-order valence-electron chi connectivity index (χ1n) is 9.54. The fraction of sp³-hybridized carbons (Fsp3) is 0.421. The molecule has 0 saturated carbocycles. The predicted octanol–water partition coefficient (Wildman–Crippen LogP) is 1.65. The number of hydrogen-bond acceptors (Lipinski definition) is 7. The molecule has 1 aromatic carbocycles. The van der Waals surface area contributed by atoms with Gasteiger partial charge in [0.1, 0.15) is 17.6 Å². The van der Waals surface area contributed by atoms with Crippen LogP contribution in [0.15, 0.2) is 29.2 Å². The second-order valence-electron chi connectivity index (χ2n) is 7.17. The number of morpholine rings is 1. The van der Waals surface area contributed by atoms with Crippen molar-refractivity contribution in [2.24, 2.45) is 0 Å². The van der Waals surface area contributed by atoms with Crippen LogP contribution in [0.2, 0.25) is 10.0 Å². The maximum atomic E-state index is 12.3. The van der Waals surface area contributed by atoms with Crippen LogP contribution in [-0.2, 0) is 11.2 Å². The average Bonchev–Trinajstić information content (AvgIpc) is 3.23. The predicted molar refractivity (Wildman–Crippen MR) is 115 cm³/mol. The molecule has 1 saturated heterocycles. The Morgan fingerprint density at radius 3 is 2.80 bits per heavy atom. The van der Waals surface area contributed by atoms with Gasteiger partial charge in [-0.2, -0.15) is 5.10 Å². The smallest absolute Gasteiger partial charge is 0.279 e. The van der Waals surface area contributed by atoms with Crippen LogP contribution in [0.4, 0.5) is 5.69 Å². The van der Waals surface area contributed by atoms with Crippen LogP contribution in [0.3, 0.4) is 0 Å². The third kappa shape index (κ3) is 4.30. The van der Waals surface area contributed by atoms with Gasteiger partial charge >= 0.3 is 0 Å². The zero-order valence-electron chi connectivity index (χ0n) is 16.3. The number of H-pyrrole nitrogens is 2. The van der Waals surface area contributed by atoms with Crippen LogP contribution in [0, 0.1) is 0 Å². The quantitative estimate of drug-likeness (QED) is 0.487. The van der Waals surface area contributed by atoms with Crippen molar-refractivity contribution in [1.29, 1.82) is 0 Å². The van der Waals surface area contributed by atoms with Crippen LogP contribution >= 0.6 is 23.2 Å². The summed E-state index contributed by atoms with van der Waals surface area (Å²) in [6.07, 6.45) is 1.02. The summed E-state index contributed by atoms with van der Waals surface area (Å²) in [6, 6.07) is 4.85. The Morgan fingerprint density at radius 2 is 2.07 bits per heavy atom. The molecular weight excluding hydrogens is 431 g/mol. The minimum absolute atomic E-state index is 0.259. The first kappa shape index (κ1) is 21.1. The first-order chi connectivity index (χ1) is 14.4. The summed E-state index contributed by atoms with van der Waals surface area (Å²) in [4.78, 5) is 23.5. The number of anilines is 1. The number of aliphatic hydroxyl groups is 1. The highest BCUT2D eigenvalue weighted by molar-refractivity contribution is 6.42. The lowest BCUT2D eigenvalue weighted by Crippen LogP contribution is -2.55.